The van der Waals surface area contributed by atoms with Gasteiger partial charge in [-0.05, 0) is 73.4 Å². The van der Waals surface area contributed by atoms with E-state index in [1.807, 2.05) is 30.3 Å². The van der Waals surface area contributed by atoms with Crippen LogP contribution in [0.2, 0.25) is 0 Å². The van der Waals surface area contributed by atoms with Gasteiger partial charge in [0.05, 0.1) is 0 Å². The normalized spacial score (nSPS) is 12.3. The minimum Gasteiger partial charge on any atom is -0.289 e. The van der Waals surface area contributed by atoms with Gasteiger partial charge in [-0.25, -0.2) is 0 Å². The molecule has 0 heterocycles. The van der Waals surface area contributed by atoms with Crippen LogP contribution in [0.4, 0.5) is 0 Å². The highest BCUT2D eigenvalue weighted by molar-refractivity contribution is 9.11. The van der Waals surface area contributed by atoms with E-state index < -0.39 is 0 Å². The molecule has 1 aliphatic rings. The number of rotatable bonds is 0. The van der Waals surface area contributed by atoms with Gasteiger partial charge in [-0.2, -0.15) is 0 Å². The van der Waals surface area contributed by atoms with Crippen molar-refractivity contribution in [3.63, 3.8) is 0 Å². The Balaban J connectivity index is 0.000000133. The van der Waals surface area contributed by atoms with Crippen LogP contribution in [0.3, 0.4) is 0 Å². The fourth-order valence-electron chi connectivity index (χ4n) is 5.66. The highest BCUT2D eigenvalue weighted by Gasteiger charge is 2.32. The first-order chi connectivity index (χ1) is 19.5. The third kappa shape index (κ3) is 3.98. The first-order valence-electron chi connectivity index (χ1n) is 12.9. The van der Waals surface area contributed by atoms with Crippen molar-refractivity contribution >= 4 is 86.5 Å². The van der Waals surface area contributed by atoms with E-state index in [-0.39, 0.29) is 11.6 Å². The van der Waals surface area contributed by atoms with Crippen LogP contribution < -0.4 is 0 Å². The van der Waals surface area contributed by atoms with Crippen LogP contribution in [-0.4, -0.2) is 11.6 Å². The third-order valence-electron chi connectivity index (χ3n) is 7.58. The monoisotopic (exact) mass is 642 g/mol. The molecule has 2 nitrogen and oxygen atoms in total. The van der Waals surface area contributed by atoms with Gasteiger partial charge in [0.2, 0.25) is 0 Å². The van der Waals surface area contributed by atoms with Crippen molar-refractivity contribution in [2.75, 3.05) is 0 Å². The van der Waals surface area contributed by atoms with Gasteiger partial charge in [-0.1, -0.05) is 123 Å². The molecule has 4 heteroatoms. The zero-order valence-corrected chi connectivity index (χ0v) is 24.3. The van der Waals surface area contributed by atoms with Crippen molar-refractivity contribution in [1.82, 2.24) is 0 Å². The van der Waals surface area contributed by atoms with Crippen molar-refractivity contribution in [2.24, 2.45) is 0 Å². The summed E-state index contributed by atoms with van der Waals surface area (Å²) >= 11 is 7.01. The Morgan fingerprint density at radius 3 is 1.73 bits per heavy atom. The van der Waals surface area contributed by atoms with Crippen LogP contribution >= 0.6 is 31.9 Å². The molecule has 0 saturated heterocycles. The van der Waals surface area contributed by atoms with E-state index in [1.165, 1.54) is 32.3 Å². The maximum absolute atomic E-state index is 12.8. The molecule has 40 heavy (non-hydrogen) atoms. The van der Waals surface area contributed by atoms with E-state index >= 15 is 0 Å². The predicted molar refractivity (Wildman–Crippen MR) is 172 cm³/mol. The molecule has 7 aromatic rings. The van der Waals surface area contributed by atoms with Crippen molar-refractivity contribution in [3.8, 4) is 0 Å². The first kappa shape index (κ1) is 24.9. The number of carbonyl (C=O) groups excluding carboxylic acids is 2. The van der Waals surface area contributed by atoms with Gasteiger partial charge in [-0.15, -0.1) is 0 Å². The van der Waals surface area contributed by atoms with Crippen molar-refractivity contribution < 1.29 is 9.59 Å². The molecule has 0 atom stereocenters. The van der Waals surface area contributed by atoms with Gasteiger partial charge in [-0.3, -0.25) is 9.59 Å². The average Bonchev–Trinajstić information content (AvgIpc) is 2.99. The second kappa shape index (κ2) is 9.81. The number of hydrogen-bond acceptors (Lipinski definition) is 2. The molecule has 0 unspecified atom stereocenters. The summed E-state index contributed by atoms with van der Waals surface area (Å²) in [7, 11) is 0. The maximum atomic E-state index is 12.8. The summed E-state index contributed by atoms with van der Waals surface area (Å²) in [6, 6.07) is 40.4. The SMILES string of the molecule is Brc1cccc2cc3c(ccc4ccccc43)cc12.O=C1c2ccc3ccccc3c2C(=O)c2cccc(Br)c21. The first-order valence-corrected chi connectivity index (χ1v) is 14.5. The molecule has 7 aromatic carbocycles. The van der Waals surface area contributed by atoms with Crippen LogP contribution in [0.15, 0.2) is 130 Å². The fourth-order valence-corrected chi connectivity index (χ4v) is 6.70. The molecular formula is C36H20Br2O2. The topological polar surface area (TPSA) is 34.1 Å². The zero-order chi connectivity index (χ0) is 27.4. The molecule has 8 rings (SSSR count). The van der Waals surface area contributed by atoms with Gasteiger partial charge in [0, 0.05) is 31.2 Å². The van der Waals surface area contributed by atoms with Crippen LogP contribution in [0, 0.1) is 0 Å². The molecule has 0 saturated carbocycles. The van der Waals surface area contributed by atoms with E-state index in [4.69, 9.17) is 0 Å². The summed E-state index contributed by atoms with van der Waals surface area (Å²) in [6.07, 6.45) is 0. The molecule has 0 amide bonds. The Kier molecular flexibility index (Phi) is 6.10. The summed E-state index contributed by atoms with van der Waals surface area (Å²) in [5.41, 5.74) is 1.94. The Labute approximate surface area is 247 Å². The third-order valence-corrected chi connectivity index (χ3v) is 8.93. The average molecular weight is 644 g/mol. The van der Waals surface area contributed by atoms with Crippen molar-refractivity contribution in [3.05, 3.63) is 153 Å². The van der Waals surface area contributed by atoms with Gasteiger partial charge < -0.3 is 0 Å². The second-order valence-electron chi connectivity index (χ2n) is 9.85. The fraction of sp³-hybridized carbons (Fsp3) is 0. The molecule has 0 fully saturated rings. The van der Waals surface area contributed by atoms with Gasteiger partial charge >= 0.3 is 0 Å². The molecule has 0 aromatic heterocycles. The predicted octanol–water partition coefficient (Wildman–Crippen LogP) is 10.3. The van der Waals surface area contributed by atoms with E-state index in [1.54, 1.807) is 24.3 Å². The number of ketones is 2. The Hall–Kier alpha value is -4.12. The van der Waals surface area contributed by atoms with Crippen LogP contribution in [0.1, 0.15) is 31.8 Å². The standard InChI is InChI=1S/C18H9BrO2.C18H11Br/c19-14-7-3-6-12-16(14)18(21)13-9-8-10-4-1-2-5-11(10)15(13)17(12)20;19-18-7-3-5-13-10-16-14(11-17(13)18)9-8-12-4-1-2-6-15(12)16/h1-9H;1-11H. The summed E-state index contributed by atoms with van der Waals surface area (Å²) in [5, 5.41) is 9.58. The summed E-state index contributed by atoms with van der Waals surface area (Å²) in [5.74, 6) is -0.185. The lowest BCUT2D eigenvalue weighted by molar-refractivity contribution is 0.0980. The molecule has 0 aliphatic heterocycles. The summed E-state index contributed by atoms with van der Waals surface area (Å²) < 4.78 is 1.82. The lowest BCUT2D eigenvalue weighted by atomic mass is 9.82. The molecule has 0 bridgehead atoms. The molecular weight excluding hydrogens is 624 g/mol. The maximum Gasteiger partial charge on any atom is 0.195 e. The lowest BCUT2D eigenvalue weighted by Gasteiger charge is -2.20. The van der Waals surface area contributed by atoms with Gasteiger partial charge in [0.1, 0.15) is 0 Å². The molecule has 0 spiro atoms. The molecule has 1 aliphatic carbocycles. The largest absolute Gasteiger partial charge is 0.289 e. The minimum absolute atomic E-state index is 0.0855. The molecule has 0 N–H and O–H groups in total. The number of fused-ring (bicyclic) bond motifs is 8. The van der Waals surface area contributed by atoms with Crippen LogP contribution in [0.5, 0.6) is 0 Å². The highest BCUT2D eigenvalue weighted by atomic mass is 79.9. The van der Waals surface area contributed by atoms with E-state index in [0.29, 0.717) is 26.7 Å². The number of hydrogen-bond donors (Lipinski definition) is 0. The Morgan fingerprint density at radius 2 is 0.900 bits per heavy atom. The summed E-state index contributed by atoms with van der Waals surface area (Å²) in [6.45, 7) is 0. The quantitative estimate of drug-likeness (QED) is 0.122. The Bertz CT molecular complexity index is 2180. The smallest absolute Gasteiger partial charge is 0.195 e. The highest BCUT2D eigenvalue weighted by Crippen LogP contribution is 2.36. The number of benzene rings is 7. The van der Waals surface area contributed by atoms with Crippen LogP contribution in [0.25, 0.3) is 43.1 Å². The zero-order valence-electron chi connectivity index (χ0n) is 21.1. The van der Waals surface area contributed by atoms with E-state index in [0.717, 1.165) is 15.2 Å². The number of carbonyl (C=O) groups is 2. The van der Waals surface area contributed by atoms with Gasteiger partial charge in [0.25, 0.3) is 0 Å². The van der Waals surface area contributed by atoms with E-state index in [2.05, 4.69) is 98.6 Å². The second-order valence-corrected chi connectivity index (χ2v) is 11.6. The summed E-state index contributed by atoms with van der Waals surface area (Å²) in [4.78, 5) is 25.6. The van der Waals surface area contributed by atoms with E-state index in [9.17, 15) is 9.59 Å². The van der Waals surface area contributed by atoms with Crippen molar-refractivity contribution in [1.29, 1.82) is 0 Å². The van der Waals surface area contributed by atoms with Crippen LogP contribution in [-0.2, 0) is 0 Å². The van der Waals surface area contributed by atoms with Crippen molar-refractivity contribution in [2.45, 2.75) is 0 Å². The number of halogens is 2. The lowest BCUT2D eigenvalue weighted by Crippen LogP contribution is -2.21. The van der Waals surface area contributed by atoms with Gasteiger partial charge in [0.15, 0.2) is 11.6 Å². The minimum atomic E-state index is -0.0992. The Morgan fingerprint density at radius 1 is 0.375 bits per heavy atom. The molecule has 0 radical (unpaired) electrons. The molecule has 190 valence electrons.